The van der Waals surface area contributed by atoms with Gasteiger partial charge in [-0.2, -0.15) is 0 Å². The number of nitrogens with two attached hydrogens (primary N) is 1. The van der Waals surface area contributed by atoms with Gasteiger partial charge in [-0.25, -0.2) is 8.42 Å². The molecule has 0 aliphatic carbocycles. The summed E-state index contributed by atoms with van der Waals surface area (Å²) in [5, 5.41) is 0.171. The first-order valence-corrected chi connectivity index (χ1v) is 8.38. The van der Waals surface area contributed by atoms with Crippen LogP contribution in [-0.2, 0) is 9.84 Å². The van der Waals surface area contributed by atoms with Gasteiger partial charge in [-0.15, -0.1) is 11.8 Å². The number of rotatable bonds is 2. The summed E-state index contributed by atoms with van der Waals surface area (Å²) in [5.74, 6) is 0.603. The summed E-state index contributed by atoms with van der Waals surface area (Å²) in [7, 11) is -2.80. The SMILES string of the molecule is Nc1ccc(SC2CCS(=O)(=O)C2)c(Br)c1. The highest BCUT2D eigenvalue weighted by Gasteiger charge is 2.28. The first-order valence-electron chi connectivity index (χ1n) is 4.88. The molecule has 1 heterocycles. The quantitative estimate of drug-likeness (QED) is 0.849. The Kier molecular flexibility index (Phi) is 3.51. The molecule has 6 heteroatoms. The van der Waals surface area contributed by atoms with Crippen molar-refractivity contribution < 1.29 is 8.42 Å². The molecule has 1 fully saturated rings. The highest BCUT2D eigenvalue weighted by atomic mass is 79.9. The molecule has 0 aromatic heterocycles. The summed E-state index contributed by atoms with van der Waals surface area (Å²) in [6.45, 7) is 0. The molecule has 88 valence electrons. The van der Waals surface area contributed by atoms with Crippen LogP contribution in [0.1, 0.15) is 6.42 Å². The molecule has 1 unspecified atom stereocenters. The van der Waals surface area contributed by atoms with E-state index in [1.807, 2.05) is 18.2 Å². The lowest BCUT2D eigenvalue weighted by Gasteiger charge is -2.09. The van der Waals surface area contributed by atoms with E-state index in [0.29, 0.717) is 11.4 Å². The van der Waals surface area contributed by atoms with Gasteiger partial charge in [-0.1, -0.05) is 0 Å². The molecule has 2 rings (SSSR count). The molecule has 0 bridgehead atoms. The Morgan fingerprint density at radius 1 is 1.44 bits per heavy atom. The van der Waals surface area contributed by atoms with Gasteiger partial charge in [0.1, 0.15) is 0 Å². The van der Waals surface area contributed by atoms with Gasteiger partial charge in [0.25, 0.3) is 0 Å². The molecule has 1 aromatic carbocycles. The van der Waals surface area contributed by atoms with Crippen LogP contribution in [0.25, 0.3) is 0 Å². The third-order valence-electron chi connectivity index (χ3n) is 2.44. The monoisotopic (exact) mass is 321 g/mol. The second-order valence-electron chi connectivity index (χ2n) is 3.83. The van der Waals surface area contributed by atoms with Gasteiger partial charge in [-0.3, -0.25) is 0 Å². The van der Waals surface area contributed by atoms with Crippen molar-refractivity contribution in [3.05, 3.63) is 22.7 Å². The van der Waals surface area contributed by atoms with Crippen LogP contribution in [0.2, 0.25) is 0 Å². The van der Waals surface area contributed by atoms with Crippen molar-refractivity contribution in [1.29, 1.82) is 0 Å². The van der Waals surface area contributed by atoms with Crippen molar-refractivity contribution in [3.8, 4) is 0 Å². The van der Waals surface area contributed by atoms with Crippen LogP contribution in [0.5, 0.6) is 0 Å². The number of benzene rings is 1. The zero-order valence-electron chi connectivity index (χ0n) is 8.52. The van der Waals surface area contributed by atoms with E-state index in [1.165, 1.54) is 0 Å². The molecule has 1 saturated heterocycles. The fourth-order valence-corrected chi connectivity index (χ4v) is 5.82. The van der Waals surface area contributed by atoms with Gasteiger partial charge in [0.2, 0.25) is 0 Å². The van der Waals surface area contributed by atoms with Crippen LogP contribution in [0, 0.1) is 0 Å². The number of thioether (sulfide) groups is 1. The number of nitrogen functional groups attached to an aromatic ring is 1. The third-order valence-corrected chi connectivity index (χ3v) is 6.68. The van der Waals surface area contributed by atoms with E-state index in [0.717, 1.165) is 15.8 Å². The lowest BCUT2D eigenvalue weighted by molar-refractivity contribution is 0.602. The Morgan fingerprint density at radius 2 is 2.19 bits per heavy atom. The van der Waals surface area contributed by atoms with E-state index < -0.39 is 9.84 Å². The van der Waals surface area contributed by atoms with Gasteiger partial charge < -0.3 is 5.73 Å². The van der Waals surface area contributed by atoms with E-state index in [1.54, 1.807) is 11.8 Å². The highest BCUT2D eigenvalue weighted by molar-refractivity contribution is 9.10. The minimum Gasteiger partial charge on any atom is -0.399 e. The average molecular weight is 322 g/mol. The molecule has 0 saturated carbocycles. The summed E-state index contributed by atoms with van der Waals surface area (Å²) < 4.78 is 23.6. The zero-order chi connectivity index (χ0) is 11.8. The fraction of sp³-hybridized carbons (Fsp3) is 0.400. The molecule has 0 radical (unpaired) electrons. The maximum absolute atomic E-state index is 11.3. The van der Waals surface area contributed by atoms with Crippen molar-refractivity contribution in [2.45, 2.75) is 16.6 Å². The normalized spacial score (nSPS) is 23.4. The number of halogens is 1. The van der Waals surface area contributed by atoms with Crippen LogP contribution in [0.3, 0.4) is 0 Å². The molecule has 1 aliphatic rings. The molecule has 16 heavy (non-hydrogen) atoms. The largest absolute Gasteiger partial charge is 0.399 e. The van der Waals surface area contributed by atoms with E-state index >= 15 is 0 Å². The molecule has 1 aliphatic heterocycles. The van der Waals surface area contributed by atoms with Crippen LogP contribution in [0.15, 0.2) is 27.6 Å². The van der Waals surface area contributed by atoms with E-state index in [-0.39, 0.29) is 11.0 Å². The molecular formula is C10H12BrNO2S2. The number of sulfone groups is 1. The number of hydrogen-bond donors (Lipinski definition) is 1. The molecule has 2 N–H and O–H groups in total. The molecule has 0 amide bonds. The first kappa shape index (κ1) is 12.3. The molecular weight excluding hydrogens is 310 g/mol. The number of anilines is 1. The van der Waals surface area contributed by atoms with E-state index in [4.69, 9.17) is 5.73 Å². The van der Waals surface area contributed by atoms with Gasteiger partial charge >= 0.3 is 0 Å². The van der Waals surface area contributed by atoms with Gasteiger partial charge in [-0.05, 0) is 40.5 Å². The topological polar surface area (TPSA) is 60.2 Å². The maximum Gasteiger partial charge on any atom is 0.151 e. The number of hydrogen-bond acceptors (Lipinski definition) is 4. The van der Waals surface area contributed by atoms with Crippen LogP contribution in [0.4, 0.5) is 5.69 Å². The van der Waals surface area contributed by atoms with Crippen molar-refractivity contribution >= 4 is 43.2 Å². The van der Waals surface area contributed by atoms with Crippen LogP contribution in [-0.4, -0.2) is 25.2 Å². The second-order valence-corrected chi connectivity index (χ2v) is 8.26. The highest BCUT2D eigenvalue weighted by Crippen LogP contribution is 2.36. The third kappa shape index (κ3) is 2.93. The maximum atomic E-state index is 11.3. The minimum atomic E-state index is -2.80. The molecule has 1 aromatic rings. The average Bonchev–Trinajstić information content (AvgIpc) is 2.51. The second kappa shape index (κ2) is 4.58. The van der Waals surface area contributed by atoms with E-state index in [2.05, 4.69) is 15.9 Å². The van der Waals surface area contributed by atoms with Crippen molar-refractivity contribution in [1.82, 2.24) is 0 Å². The predicted molar refractivity (Wildman–Crippen MR) is 71.5 cm³/mol. The first-order chi connectivity index (χ1) is 7.46. The lowest BCUT2D eigenvalue weighted by atomic mass is 10.3. The Hall–Kier alpha value is -0.200. The van der Waals surface area contributed by atoms with Crippen molar-refractivity contribution in [2.75, 3.05) is 17.2 Å². The Labute approximate surface area is 108 Å². The summed E-state index contributed by atoms with van der Waals surface area (Å²) in [6.07, 6.45) is 0.740. The minimum absolute atomic E-state index is 0.171. The standard InChI is InChI=1S/C10H12BrNO2S2/c11-9-5-7(12)1-2-10(9)15-8-3-4-16(13,14)6-8/h1-2,5,8H,3-4,6,12H2. The molecule has 1 atom stereocenters. The predicted octanol–water partition coefficient (Wildman–Crippen LogP) is 2.31. The van der Waals surface area contributed by atoms with Gasteiger partial charge in [0.15, 0.2) is 9.84 Å². The van der Waals surface area contributed by atoms with Gasteiger partial charge in [0, 0.05) is 20.3 Å². The fourth-order valence-electron chi connectivity index (χ4n) is 1.65. The zero-order valence-corrected chi connectivity index (χ0v) is 11.7. The summed E-state index contributed by atoms with van der Waals surface area (Å²) in [6, 6.07) is 5.59. The molecule has 0 spiro atoms. The Morgan fingerprint density at radius 3 is 2.75 bits per heavy atom. The smallest absolute Gasteiger partial charge is 0.151 e. The van der Waals surface area contributed by atoms with Gasteiger partial charge in [0.05, 0.1) is 11.5 Å². The van der Waals surface area contributed by atoms with Crippen LogP contribution < -0.4 is 5.73 Å². The van der Waals surface area contributed by atoms with Crippen LogP contribution >= 0.6 is 27.7 Å². The molecule has 3 nitrogen and oxygen atoms in total. The van der Waals surface area contributed by atoms with Crippen molar-refractivity contribution in [2.24, 2.45) is 0 Å². The summed E-state index contributed by atoms with van der Waals surface area (Å²) in [5.41, 5.74) is 6.35. The Bertz CT molecular complexity index is 502. The van der Waals surface area contributed by atoms with E-state index in [9.17, 15) is 8.42 Å². The summed E-state index contributed by atoms with van der Waals surface area (Å²) >= 11 is 5.04. The summed E-state index contributed by atoms with van der Waals surface area (Å²) in [4.78, 5) is 1.05. The Balaban J connectivity index is 2.11. The van der Waals surface area contributed by atoms with Crippen molar-refractivity contribution in [3.63, 3.8) is 0 Å². The lowest BCUT2D eigenvalue weighted by Crippen LogP contribution is -2.06.